The number of benzene rings is 1. The normalized spacial score (nSPS) is 18.8. The number of fused-ring (bicyclic) bond motifs is 1. The van der Waals surface area contributed by atoms with Crippen LogP contribution in [0.3, 0.4) is 0 Å². The number of thioether (sulfide) groups is 1. The van der Waals surface area contributed by atoms with Crippen LogP contribution in [0.25, 0.3) is 0 Å². The average molecular weight is 478 g/mol. The van der Waals surface area contributed by atoms with Crippen LogP contribution in [-0.4, -0.2) is 54.2 Å². The van der Waals surface area contributed by atoms with Gasteiger partial charge in [0.25, 0.3) is 5.91 Å². The maximum absolute atomic E-state index is 12.7. The summed E-state index contributed by atoms with van der Waals surface area (Å²) in [5.74, 6) is 0.864. The number of sulfonamides is 1. The minimum atomic E-state index is -3.33. The quantitative estimate of drug-likeness (QED) is 0.463. The number of nitrogens with one attached hydrogen (secondary N) is 1. The molecule has 0 saturated heterocycles. The van der Waals surface area contributed by atoms with Crippen LogP contribution < -0.4 is 9.62 Å². The van der Waals surface area contributed by atoms with Crippen LogP contribution in [0.1, 0.15) is 66.8 Å². The second kappa shape index (κ2) is 9.43. The Bertz CT molecular complexity index is 1090. The SMILES string of the molecule is CSc1nnc(CCCNC(=O)c2ccc3c(c2)C[C@@H](C)N3S(C)(=O)=O)n1C1CCCC1. The van der Waals surface area contributed by atoms with E-state index in [1.807, 2.05) is 19.2 Å². The Morgan fingerprint density at radius 1 is 1.25 bits per heavy atom. The maximum Gasteiger partial charge on any atom is 0.251 e. The number of hydrogen-bond donors (Lipinski definition) is 1. The fraction of sp³-hybridized carbons (Fsp3) is 0.591. The molecule has 0 radical (unpaired) electrons. The molecule has 4 rings (SSSR count). The molecule has 10 heteroatoms. The zero-order chi connectivity index (χ0) is 22.9. The van der Waals surface area contributed by atoms with Crippen molar-refractivity contribution < 1.29 is 13.2 Å². The van der Waals surface area contributed by atoms with Crippen molar-refractivity contribution >= 4 is 33.4 Å². The van der Waals surface area contributed by atoms with Crippen molar-refractivity contribution in [1.29, 1.82) is 0 Å². The van der Waals surface area contributed by atoms with E-state index >= 15 is 0 Å². The summed E-state index contributed by atoms with van der Waals surface area (Å²) in [6.07, 6.45) is 10.3. The fourth-order valence-electron chi connectivity index (χ4n) is 4.95. The summed E-state index contributed by atoms with van der Waals surface area (Å²) in [7, 11) is -3.33. The van der Waals surface area contributed by atoms with Crippen LogP contribution in [0.5, 0.6) is 0 Å². The topological polar surface area (TPSA) is 97.2 Å². The molecule has 8 nitrogen and oxygen atoms in total. The molecule has 1 amide bonds. The number of amides is 1. The van der Waals surface area contributed by atoms with Crippen LogP contribution in [0.2, 0.25) is 0 Å². The number of carbonyl (C=O) groups is 1. The standard InChI is InChI=1S/C22H31N5O3S2/c1-15-13-17-14-16(10-11-19(17)27(15)32(3,29)30)21(28)23-12-6-9-20-24-25-22(31-2)26(20)18-7-4-5-8-18/h10-11,14-15,18H,4-9,12-13H2,1-3H3,(H,23,28)/t15-/m1/s1. The van der Waals surface area contributed by atoms with Crippen LogP contribution in [0.15, 0.2) is 23.4 Å². The predicted molar refractivity (Wildman–Crippen MR) is 127 cm³/mol. The summed E-state index contributed by atoms with van der Waals surface area (Å²) < 4.78 is 27.9. The van der Waals surface area contributed by atoms with E-state index in [-0.39, 0.29) is 11.9 Å². The minimum Gasteiger partial charge on any atom is -0.352 e. The molecule has 1 N–H and O–H groups in total. The first kappa shape index (κ1) is 23.1. The van der Waals surface area contributed by atoms with Crippen molar-refractivity contribution in [3.8, 4) is 0 Å². The maximum atomic E-state index is 12.7. The Morgan fingerprint density at radius 3 is 2.69 bits per heavy atom. The van der Waals surface area contributed by atoms with Crippen LogP contribution in [0.4, 0.5) is 5.69 Å². The van der Waals surface area contributed by atoms with Gasteiger partial charge in [-0.3, -0.25) is 9.10 Å². The number of anilines is 1. The van der Waals surface area contributed by atoms with Crippen molar-refractivity contribution in [2.24, 2.45) is 0 Å². The highest BCUT2D eigenvalue weighted by Gasteiger charge is 2.32. The molecule has 1 saturated carbocycles. The van der Waals surface area contributed by atoms with E-state index in [9.17, 15) is 13.2 Å². The van der Waals surface area contributed by atoms with Crippen molar-refractivity contribution in [1.82, 2.24) is 20.1 Å². The highest BCUT2D eigenvalue weighted by atomic mass is 32.2. The summed E-state index contributed by atoms with van der Waals surface area (Å²) in [5, 5.41) is 12.7. The van der Waals surface area contributed by atoms with E-state index in [1.165, 1.54) is 36.2 Å². The van der Waals surface area contributed by atoms with Gasteiger partial charge in [0.1, 0.15) is 5.82 Å². The molecule has 2 aliphatic rings. The van der Waals surface area contributed by atoms with Gasteiger partial charge in [0, 0.05) is 30.6 Å². The van der Waals surface area contributed by atoms with Crippen LogP contribution >= 0.6 is 11.8 Å². The molecule has 32 heavy (non-hydrogen) atoms. The summed E-state index contributed by atoms with van der Waals surface area (Å²) in [6.45, 7) is 2.43. The van der Waals surface area contributed by atoms with E-state index in [4.69, 9.17) is 0 Å². The lowest BCUT2D eigenvalue weighted by Crippen LogP contribution is -2.34. The number of hydrogen-bond acceptors (Lipinski definition) is 6. The van der Waals surface area contributed by atoms with Crippen LogP contribution in [0, 0.1) is 0 Å². The number of aromatic nitrogens is 3. The van der Waals surface area contributed by atoms with Gasteiger partial charge in [-0.25, -0.2) is 8.42 Å². The first-order valence-corrected chi connectivity index (χ1v) is 14.2. The molecule has 1 aromatic heterocycles. The van der Waals surface area contributed by atoms with Gasteiger partial charge in [0.05, 0.1) is 11.9 Å². The zero-order valence-electron chi connectivity index (χ0n) is 18.9. The lowest BCUT2D eigenvalue weighted by Gasteiger charge is -2.21. The van der Waals surface area contributed by atoms with Gasteiger partial charge in [-0.1, -0.05) is 24.6 Å². The Labute approximate surface area is 194 Å². The van der Waals surface area contributed by atoms with Crippen molar-refractivity contribution in [3.05, 3.63) is 35.2 Å². The van der Waals surface area contributed by atoms with Gasteiger partial charge >= 0.3 is 0 Å². The molecule has 1 aromatic carbocycles. The molecule has 0 bridgehead atoms. The molecular formula is C22H31N5O3S2. The highest BCUT2D eigenvalue weighted by molar-refractivity contribution is 7.98. The number of nitrogens with zero attached hydrogens (tertiary/aromatic N) is 4. The lowest BCUT2D eigenvalue weighted by atomic mass is 10.1. The third kappa shape index (κ3) is 4.66. The van der Waals surface area contributed by atoms with E-state index in [0.717, 1.165) is 29.4 Å². The molecule has 1 atom stereocenters. The van der Waals surface area contributed by atoms with Crippen molar-refractivity contribution in [3.63, 3.8) is 0 Å². The highest BCUT2D eigenvalue weighted by Crippen LogP contribution is 2.35. The molecular weight excluding hydrogens is 446 g/mol. The van der Waals surface area contributed by atoms with E-state index in [2.05, 4.69) is 20.1 Å². The Hall–Kier alpha value is -2.07. The number of carbonyl (C=O) groups excluding carboxylic acids is 1. The summed E-state index contributed by atoms with van der Waals surface area (Å²) >= 11 is 1.63. The van der Waals surface area contributed by atoms with Gasteiger partial charge in [0.2, 0.25) is 10.0 Å². The van der Waals surface area contributed by atoms with Gasteiger partial charge in [-0.15, -0.1) is 10.2 Å². The van der Waals surface area contributed by atoms with E-state index in [0.29, 0.717) is 30.3 Å². The summed E-state index contributed by atoms with van der Waals surface area (Å²) in [6, 6.07) is 5.61. The fourth-order valence-corrected chi connectivity index (χ4v) is 6.78. The van der Waals surface area contributed by atoms with Gasteiger partial charge in [0.15, 0.2) is 5.16 Å². The van der Waals surface area contributed by atoms with Crippen molar-refractivity contribution in [2.75, 3.05) is 23.4 Å². The molecule has 0 unspecified atom stereocenters. The van der Waals surface area contributed by atoms with E-state index < -0.39 is 10.0 Å². The average Bonchev–Trinajstić information content (AvgIpc) is 3.46. The van der Waals surface area contributed by atoms with Crippen LogP contribution in [-0.2, 0) is 22.9 Å². The monoisotopic (exact) mass is 477 g/mol. The van der Waals surface area contributed by atoms with Gasteiger partial charge in [-0.2, -0.15) is 0 Å². The first-order chi connectivity index (χ1) is 15.3. The molecule has 1 fully saturated rings. The second-order valence-electron chi connectivity index (χ2n) is 8.73. The van der Waals surface area contributed by atoms with Gasteiger partial charge < -0.3 is 9.88 Å². The van der Waals surface area contributed by atoms with Gasteiger partial charge in [-0.05, 0) is 62.6 Å². The predicted octanol–water partition coefficient (Wildman–Crippen LogP) is 3.19. The smallest absolute Gasteiger partial charge is 0.251 e. The largest absolute Gasteiger partial charge is 0.352 e. The van der Waals surface area contributed by atoms with E-state index in [1.54, 1.807) is 23.9 Å². The lowest BCUT2D eigenvalue weighted by molar-refractivity contribution is 0.0953. The Balaban J connectivity index is 1.35. The number of rotatable bonds is 8. The molecule has 0 spiro atoms. The number of aryl methyl sites for hydroxylation is 1. The summed E-state index contributed by atoms with van der Waals surface area (Å²) in [5.41, 5.74) is 2.13. The minimum absolute atomic E-state index is 0.137. The molecule has 1 aliphatic carbocycles. The first-order valence-electron chi connectivity index (χ1n) is 11.2. The summed E-state index contributed by atoms with van der Waals surface area (Å²) in [4.78, 5) is 12.7. The second-order valence-corrected chi connectivity index (χ2v) is 11.4. The molecule has 2 heterocycles. The van der Waals surface area contributed by atoms with Crippen molar-refractivity contribution in [2.45, 2.75) is 69.1 Å². The molecule has 1 aliphatic heterocycles. The third-order valence-corrected chi connectivity index (χ3v) is 8.24. The molecule has 2 aromatic rings. The third-order valence-electron chi connectivity index (χ3n) is 6.32. The molecule has 174 valence electrons. The Morgan fingerprint density at radius 2 is 2.00 bits per heavy atom. The zero-order valence-corrected chi connectivity index (χ0v) is 20.5. The Kier molecular flexibility index (Phi) is 6.80.